The molecule has 10 nitrogen and oxygen atoms in total. The van der Waals surface area contributed by atoms with Crippen LogP contribution in [0.2, 0.25) is 0 Å². The zero-order chi connectivity index (χ0) is 21.3. The van der Waals surface area contributed by atoms with Crippen LogP contribution in [0.1, 0.15) is 0 Å². The van der Waals surface area contributed by atoms with Crippen LogP contribution < -0.4 is 0 Å². The molecule has 0 amide bonds. The molecule has 0 aromatic heterocycles. The maximum atomic E-state index is 10.2. The number of alkyl halides is 1. The maximum Gasteiger partial charge on any atom is 0.329 e. The largest absolute Gasteiger partial charge is 0.480 e. The van der Waals surface area contributed by atoms with Gasteiger partial charge in [-0.1, -0.05) is 22.6 Å². The molecule has 174 valence electrons. The summed E-state index contributed by atoms with van der Waals surface area (Å²) in [4.78, 5) is 10.2. The first-order valence-electron chi connectivity index (χ1n) is 9.67. The Hall–Kier alpha value is -0.120. The third kappa shape index (κ3) is 27.9. The van der Waals surface area contributed by atoms with E-state index in [0.717, 1.165) is 11.0 Å². The molecule has 0 unspecified atom stereocenters. The Kier molecular flexibility index (Phi) is 25.8. The predicted molar refractivity (Wildman–Crippen MR) is 113 cm³/mol. The van der Waals surface area contributed by atoms with Crippen molar-refractivity contribution >= 4 is 28.6 Å². The van der Waals surface area contributed by atoms with E-state index in [1.165, 1.54) is 0 Å². The second-order valence-electron chi connectivity index (χ2n) is 5.42. The van der Waals surface area contributed by atoms with E-state index in [1.807, 2.05) is 0 Å². The lowest BCUT2D eigenvalue weighted by molar-refractivity contribution is -0.142. The molecule has 0 aromatic rings. The summed E-state index contributed by atoms with van der Waals surface area (Å²) < 4.78 is 43.2. The van der Waals surface area contributed by atoms with E-state index in [9.17, 15) is 4.79 Å². The van der Waals surface area contributed by atoms with E-state index in [0.29, 0.717) is 85.9 Å². The molecule has 0 saturated heterocycles. The second kappa shape index (κ2) is 25.9. The molecule has 0 atom stereocenters. The highest BCUT2D eigenvalue weighted by atomic mass is 127. The molecule has 0 aliphatic heterocycles. The number of hydrogen-bond acceptors (Lipinski definition) is 9. The molecule has 0 radical (unpaired) electrons. The Labute approximate surface area is 186 Å². The molecule has 0 aliphatic rings. The van der Waals surface area contributed by atoms with Gasteiger partial charge in [-0.2, -0.15) is 0 Å². The zero-order valence-corrected chi connectivity index (χ0v) is 19.2. The SMILES string of the molecule is O=C(O)COCCOCCOCCOCCOCCOCCOCCOCCI. The van der Waals surface area contributed by atoms with E-state index < -0.39 is 5.97 Å². The van der Waals surface area contributed by atoms with E-state index in [2.05, 4.69) is 22.6 Å². The monoisotopic (exact) mass is 538 g/mol. The van der Waals surface area contributed by atoms with Crippen LogP contribution in [-0.2, 0) is 42.7 Å². The molecule has 1 N–H and O–H groups in total. The van der Waals surface area contributed by atoms with Gasteiger partial charge in [-0.25, -0.2) is 4.79 Å². The summed E-state index contributed by atoms with van der Waals surface area (Å²) in [5.74, 6) is -0.989. The Morgan fingerprint density at radius 3 is 0.966 bits per heavy atom. The molecule has 29 heavy (non-hydrogen) atoms. The van der Waals surface area contributed by atoms with Crippen molar-refractivity contribution < 1.29 is 47.8 Å². The van der Waals surface area contributed by atoms with Crippen molar-refractivity contribution in [2.45, 2.75) is 0 Å². The smallest absolute Gasteiger partial charge is 0.329 e. The number of carbonyl (C=O) groups is 1. The lowest BCUT2D eigenvalue weighted by Crippen LogP contribution is -2.15. The molecule has 0 heterocycles. The number of aliphatic carboxylic acids is 1. The van der Waals surface area contributed by atoms with Crippen molar-refractivity contribution in [3.63, 3.8) is 0 Å². The van der Waals surface area contributed by atoms with Gasteiger partial charge in [-0.05, 0) is 0 Å². The van der Waals surface area contributed by atoms with Crippen molar-refractivity contribution in [3.05, 3.63) is 0 Å². The molecule has 0 spiro atoms. The van der Waals surface area contributed by atoms with Crippen molar-refractivity contribution in [3.8, 4) is 0 Å². The number of hydrogen-bond donors (Lipinski definition) is 1. The van der Waals surface area contributed by atoms with Crippen LogP contribution in [0.25, 0.3) is 0 Å². The van der Waals surface area contributed by atoms with Crippen molar-refractivity contribution in [1.29, 1.82) is 0 Å². The van der Waals surface area contributed by atoms with Crippen LogP contribution >= 0.6 is 22.6 Å². The summed E-state index contributed by atoms with van der Waals surface area (Å²) in [7, 11) is 0. The summed E-state index contributed by atoms with van der Waals surface area (Å²) in [6, 6.07) is 0. The molecular weight excluding hydrogens is 503 g/mol. The van der Waals surface area contributed by atoms with Gasteiger partial charge in [0.05, 0.1) is 99.1 Å². The molecular formula is C18H35IO10. The van der Waals surface area contributed by atoms with Gasteiger partial charge in [0.2, 0.25) is 0 Å². The quantitative estimate of drug-likeness (QED) is 0.101. The van der Waals surface area contributed by atoms with Gasteiger partial charge in [0.25, 0.3) is 0 Å². The van der Waals surface area contributed by atoms with Crippen LogP contribution in [0.15, 0.2) is 0 Å². The topological polar surface area (TPSA) is 111 Å². The van der Waals surface area contributed by atoms with E-state index in [-0.39, 0.29) is 13.2 Å². The minimum atomic E-state index is -0.989. The van der Waals surface area contributed by atoms with Crippen LogP contribution in [0.4, 0.5) is 0 Å². The zero-order valence-electron chi connectivity index (χ0n) is 17.0. The summed E-state index contributed by atoms with van der Waals surface area (Å²) in [5, 5.41) is 8.37. The molecule has 0 aromatic carbocycles. The predicted octanol–water partition coefficient (Wildman–Crippen LogP) is 0.639. The fourth-order valence-electron chi connectivity index (χ4n) is 1.75. The lowest BCUT2D eigenvalue weighted by atomic mass is 10.6. The molecule has 0 saturated carbocycles. The highest BCUT2D eigenvalue weighted by Crippen LogP contribution is 1.86. The van der Waals surface area contributed by atoms with E-state index in [1.54, 1.807) is 0 Å². The second-order valence-corrected chi connectivity index (χ2v) is 6.50. The molecule has 11 heteroatoms. The standard InChI is InChI=1S/C18H35IO10/c19-1-2-22-3-4-23-5-6-24-7-8-25-9-10-26-11-12-27-13-14-28-15-16-29-17-18(20)21/h1-17H2,(H,20,21). The number of ether oxygens (including phenoxy) is 8. The lowest BCUT2D eigenvalue weighted by Gasteiger charge is -2.08. The molecule has 0 fully saturated rings. The average Bonchev–Trinajstić information content (AvgIpc) is 2.71. The number of rotatable bonds is 25. The van der Waals surface area contributed by atoms with Gasteiger partial charge in [0, 0.05) is 4.43 Å². The van der Waals surface area contributed by atoms with Crippen molar-refractivity contribution in [2.24, 2.45) is 0 Å². The minimum Gasteiger partial charge on any atom is -0.480 e. The Morgan fingerprint density at radius 1 is 0.483 bits per heavy atom. The normalized spacial score (nSPS) is 11.2. The molecule has 0 rings (SSSR count). The van der Waals surface area contributed by atoms with Crippen LogP contribution in [0, 0.1) is 0 Å². The van der Waals surface area contributed by atoms with Gasteiger partial charge in [-0.3, -0.25) is 0 Å². The number of carboxylic acids is 1. The first-order valence-corrected chi connectivity index (χ1v) is 11.2. The van der Waals surface area contributed by atoms with Crippen molar-refractivity contribution in [2.75, 3.05) is 110 Å². The van der Waals surface area contributed by atoms with E-state index >= 15 is 0 Å². The fourth-order valence-corrected chi connectivity index (χ4v) is 2.06. The van der Waals surface area contributed by atoms with Crippen molar-refractivity contribution in [1.82, 2.24) is 0 Å². The average molecular weight is 538 g/mol. The fraction of sp³-hybridized carbons (Fsp3) is 0.944. The first kappa shape index (κ1) is 28.9. The summed E-state index contributed by atoms with van der Waals surface area (Å²) in [5.41, 5.74) is 0. The van der Waals surface area contributed by atoms with Gasteiger partial charge in [-0.15, -0.1) is 0 Å². The maximum absolute atomic E-state index is 10.2. The molecule has 0 bridgehead atoms. The third-order valence-electron chi connectivity index (χ3n) is 3.05. The number of carboxylic acid groups (broad SMARTS) is 1. The van der Waals surface area contributed by atoms with Gasteiger partial charge >= 0.3 is 5.97 Å². The van der Waals surface area contributed by atoms with Crippen LogP contribution in [0.3, 0.4) is 0 Å². The summed E-state index contributed by atoms with van der Waals surface area (Å²) >= 11 is 2.27. The summed E-state index contributed by atoms with van der Waals surface area (Å²) in [6.07, 6.45) is 0. The Morgan fingerprint density at radius 2 is 0.724 bits per heavy atom. The first-order chi connectivity index (χ1) is 14.3. The van der Waals surface area contributed by atoms with Crippen LogP contribution in [-0.4, -0.2) is 121 Å². The van der Waals surface area contributed by atoms with Crippen LogP contribution in [0.5, 0.6) is 0 Å². The highest BCUT2D eigenvalue weighted by molar-refractivity contribution is 14.1. The van der Waals surface area contributed by atoms with Gasteiger partial charge in [0.1, 0.15) is 6.61 Å². The van der Waals surface area contributed by atoms with Gasteiger partial charge in [0.15, 0.2) is 0 Å². The number of halogens is 1. The summed E-state index contributed by atoms with van der Waals surface area (Å²) in [6.45, 7) is 7.26. The minimum absolute atomic E-state index is 0.253. The third-order valence-corrected chi connectivity index (χ3v) is 3.49. The Bertz CT molecular complexity index is 336. The molecule has 0 aliphatic carbocycles. The highest BCUT2D eigenvalue weighted by Gasteiger charge is 1.96. The van der Waals surface area contributed by atoms with E-state index in [4.69, 9.17) is 43.0 Å². The Balaban J connectivity index is 2.99. The van der Waals surface area contributed by atoms with Gasteiger partial charge < -0.3 is 43.0 Å².